The Hall–Kier alpha value is -2.70. The van der Waals surface area contributed by atoms with Crippen molar-refractivity contribution in [2.75, 3.05) is 26.2 Å². The van der Waals surface area contributed by atoms with Gasteiger partial charge >= 0.3 is 0 Å². The molecular weight excluding hydrogens is 432 g/mol. The first-order valence-electron chi connectivity index (χ1n) is 11.6. The molecule has 0 radical (unpaired) electrons. The van der Waals surface area contributed by atoms with Gasteiger partial charge in [0.25, 0.3) is 0 Å². The van der Waals surface area contributed by atoms with E-state index in [-0.39, 0.29) is 24.0 Å². The lowest BCUT2D eigenvalue weighted by atomic mass is 9.96. The molecule has 3 aromatic rings. The van der Waals surface area contributed by atoms with Crippen LogP contribution in [0.5, 0.6) is 0 Å². The first-order chi connectivity index (χ1) is 16.2. The monoisotopic (exact) mass is 460 g/mol. The highest BCUT2D eigenvalue weighted by Crippen LogP contribution is 2.30. The summed E-state index contributed by atoms with van der Waals surface area (Å²) in [5, 5.41) is 0.714. The minimum absolute atomic E-state index is 0.0829. The smallest absolute Gasteiger partial charge is 0.241 e. The van der Waals surface area contributed by atoms with Gasteiger partial charge in [-0.2, -0.15) is 0 Å². The normalized spacial score (nSPS) is 21.5. The van der Waals surface area contributed by atoms with Crippen LogP contribution in [0.25, 0.3) is 0 Å². The Morgan fingerprint density at radius 1 is 0.818 bits per heavy atom. The van der Waals surface area contributed by atoms with E-state index in [0.29, 0.717) is 5.02 Å². The average molecular weight is 461 g/mol. The molecule has 0 saturated carbocycles. The van der Waals surface area contributed by atoms with Crippen molar-refractivity contribution >= 4 is 17.5 Å². The van der Waals surface area contributed by atoms with Gasteiger partial charge in [-0.1, -0.05) is 84.4 Å². The summed E-state index contributed by atoms with van der Waals surface area (Å²) in [6.45, 7) is 3.15. The Morgan fingerprint density at radius 3 is 2.06 bits per heavy atom. The van der Waals surface area contributed by atoms with Gasteiger partial charge in [-0.15, -0.1) is 0 Å². The molecule has 5 nitrogen and oxygen atoms in total. The highest BCUT2D eigenvalue weighted by atomic mass is 35.5. The van der Waals surface area contributed by atoms with Crippen LogP contribution in [-0.2, 0) is 4.79 Å². The van der Waals surface area contributed by atoms with Crippen LogP contribution in [0.15, 0.2) is 84.9 Å². The fourth-order valence-electron chi connectivity index (χ4n) is 4.97. The fourth-order valence-corrected chi connectivity index (χ4v) is 5.16. The zero-order valence-corrected chi connectivity index (χ0v) is 19.3. The maximum absolute atomic E-state index is 13.2. The largest absolute Gasteiger partial charge is 0.339 e. The highest BCUT2D eigenvalue weighted by molar-refractivity contribution is 6.30. The number of hydrogen-bond acceptors (Lipinski definition) is 4. The number of rotatable bonds is 5. The number of hydrazine groups is 1. The number of nitrogens with zero attached hydrogens (tertiary/aromatic N) is 2. The van der Waals surface area contributed by atoms with Crippen LogP contribution in [0.3, 0.4) is 0 Å². The minimum Gasteiger partial charge on any atom is -0.339 e. The third kappa shape index (κ3) is 4.97. The zero-order valence-electron chi connectivity index (χ0n) is 18.5. The number of amides is 1. The van der Waals surface area contributed by atoms with Gasteiger partial charge in [0.15, 0.2) is 0 Å². The zero-order chi connectivity index (χ0) is 22.6. The highest BCUT2D eigenvalue weighted by Gasteiger charge is 2.35. The maximum Gasteiger partial charge on any atom is 0.241 e. The van der Waals surface area contributed by atoms with Crippen LogP contribution in [0.4, 0.5) is 0 Å². The fraction of sp³-hybridized carbons (Fsp3) is 0.296. The molecule has 2 N–H and O–H groups in total. The van der Waals surface area contributed by atoms with Crippen molar-refractivity contribution in [3.8, 4) is 0 Å². The molecule has 170 valence electrons. The van der Waals surface area contributed by atoms with Crippen LogP contribution in [0, 0.1) is 0 Å². The Morgan fingerprint density at radius 2 is 1.45 bits per heavy atom. The number of hydrogen-bond donors (Lipinski definition) is 2. The number of piperazine rings is 1. The van der Waals surface area contributed by atoms with Gasteiger partial charge in [0.2, 0.25) is 5.91 Å². The lowest BCUT2D eigenvalue weighted by Crippen LogP contribution is -2.54. The van der Waals surface area contributed by atoms with E-state index in [1.165, 1.54) is 11.1 Å². The van der Waals surface area contributed by atoms with Gasteiger partial charge in [-0.3, -0.25) is 9.69 Å². The molecule has 2 aliphatic heterocycles. The van der Waals surface area contributed by atoms with E-state index in [1.54, 1.807) is 0 Å². The van der Waals surface area contributed by atoms with Crippen LogP contribution < -0.4 is 10.9 Å². The number of halogens is 1. The number of nitrogens with one attached hydrogen (secondary N) is 2. The molecule has 2 atom stereocenters. The van der Waals surface area contributed by atoms with Crippen molar-refractivity contribution in [3.63, 3.8) is 0 Å². The van der Waals surface area contributed by atoms with Crippen molar-refractivity contribution in [3.05, 3.63) is 107 Å². The molecule has 0 aliphatic carbocycles. The quantitative estimate of drug-likeness (QED) is 0.599. The average Bonchev–Trinajstić information content (AvgIpc) is 3.36. The van der Waals surface area contributed by atoms with Gasteiger partial charge in [0.05, 0.1) is 6.04 Å². The summed E-state index contributed by atoms with van der Waals surface area (Å²) < 4.78 is 0. The number of benzene rings is 3. The van der Waals surface area contributed by atoms with Crippen molar-refractivity contribution < 1.29 is 4.79 Å². The third-order valence-electron chi connectivity index (χ3n) is 6.67. The molecule has 2 fully saturated rings. The molecule has 5 rings (SSSR count). The standard InChI is InChI=1S/C27H29ClN4O/c28-23-13-7-12-22(18-23)24-19-25(30-29-24)27(33)32-16-14-31(15-17-32)26(20-8-3-1-4-9-20)21-10-5-2-6-11-21/h1-13,18,24-26,29-30H,14-17,19H2. The van der Waals surface area contributed by atoms with E-state index in [1.807, 2.05) is 29.2 Å². The Bertz CT molecular complexity index is 1030. The van der Waals surface area contributed by atoms with Gasteiger partial charge in [-0.25, -0.2) is 10.9 Å². The molecule has 2 heterocycles. The molecule has 0 aromatic heterocycles. The maximum atomic E-state index is 13.2. The predicted octanol–water partition coefficient (Wildman–Crippen LogP) is 4.18. The summed E-state index contributed by atoms with van der Waals surface area (Å²) in [5.41, 5.74) is 10.2. The third-order valence-corrected chi connectivity index (χ3v) is 6.91. The summed E-state index contributed by atoms with van der Waals surface area (Å²) >= 11 is 6.14. The van der Waals surface area contributed by atoms with E-state index < -0.39 is 0 Å². The predicted molar refractivity (Wildman–Crippen MR) is 132 cm³/mol. The molecule has 33 heavy (non-hydrogen) atoms. The van der Waals surface area contributed by atoms with Crippen molar-refractivity contribution in [1.82, 2.24) is 20.7 Å². The molecular formula is C27H29ClN4O. The SMILES string of the molecule is O=C(C1CC(c2cccc(Cl)c2)NN1)N1CCN(C(c2ccccc2)c2ccccc2)CC1. The summed E-state index contributed by atoms with van der Waals surface area (Å²) in [6, 6.07) is 29.2. The summed E-state index contributed by atoms with van der Waals surface area (Å²) in [7, 11) is 0. The van der Waals surface area contributed by atoms with Crippen LogP contribution in [0.1, 0.15) is 35.2 Å². The molecule has 1 amide bonds. The first kappa shape index (κ1) is 22.1. The van der Waals surface area contributed by atoms with Gasteiger partial charge in [0.1, 0.15) is 6.04 Å². The first-order valence-corrected chi connectivity index (χ1v) is 12.0. The summed E-state index contributed by atoms with van der Waals surface area (Å²) in [6.07, 6.45) is 0.718. The lowest BCUT2D eigenvalue weighted by Gasteiger charge is -2.40. The molecule has 3 aromatic carbocycles. The molecule has 2 unspecified atom stereocenters. The van der Waals surface area contributed by atoms with Crippen molar-refractivity contribution in [2.24, 2.45) is 0 Å². The Kier molecular flexibility index (Phi) is 6.74. The second-order valence-corrected chi connectivity index (χ2v) is 9.21. The van der Waals surface area contributed by atoms with E-state index in [4.69, 9.17) is 11.6 Å². The molecule has 0 bridgehead atoms. The summed E-state index contributed by atoms with van der Waals surface area (Å²) in [5.74, 6) is 0.169. The van der Waals surface area contributed by atoms with Gasteiger partial charge < -0.3 is 4.90 Å². The number of carbonyl (C=O) groups is 1. The van der Waals surface area contributed by atoms with Crippen LogP contribution in [0.2, 0.25) is 5.02 Å². The molecule has 2 aliphatic rings. The minimum atomic E-state index is -0.223. The number of carbonyl (C=O) groups excluding carboxylic acids is 1. The topological polar surface area (TPSA) is 47.6 Å². The Balaban J connectivity index is 1.23. The lowest BCUT2D eigenvalue weighted by molar-refractivity contribution is -0.135. The van der Waals surface area contributed by atoms with E-state index >= 15 is 0 Å². The molecule has 6 heteroatoms. The molecule has 2 saturated heterocycles. The second kappa shape index (κ2) is 10.1. The van der Waals surface area contributed by atoms with Crippen LogP contribution in [-0.4, -0.2) is 47.9 Å². The molecule has 0 spiro atoms. The van der Waals surface area contributed by atoms with E-state index in [9.17, 15) is 4.79 Å². The van der Waals surface area contributed by atoms with E-state index in [2.05, 4.69) is 76.4 Å². The van der Waals surface area contributed by atoms with Crippen molar-refractivity contribution in [1.29, 1.82) is 0 Å². The van der Waals surface area contributed by atoms with Gasteiger partial charge in [0, 0.05) is 37.2 Å². The Labute approximate surface area is 200 Å². The summed E-state index contributed by atoms with van der Waals surface area (Å²) in [4.78, 5) is 17.7. The van der Waals surface area contributed by atoms with Gasteiger partial charge in [-0.05, 0) is 35.2 Å². The second-order valence-electron chi connectivity index (χ2n) is 8.77. The van der Waals surface area contributed by atoms with Crippen molar-refractivity contribution in [2.45, 2.75) is 24.5 Å². The van der Waals surface area contributed by atoms with E-state index in [0.717, 1.165) is 38.2 Å². The van der Waals surface area contributed by atoms with Crippen LogP contribution >= 0.6 is 11.6 Å².